The molecular weight excluding hydrogens is 254 g/mol. The number of benzene rings is 1. The van der Waals surface area contributed by atoms with Crippen LogP contribution in [0.4, 0.5) is 11.4 Å². The molecule has 2 unspecified atom stereocenters. The number of para-hydroxylation sites is 1. The Bertz CT molecular complexity index is 536. The summed E-state index contributed by atoms with van der Waals surface area (Å²) in [5.41, 5.74) is 0.479. The van der Waals surface area contributed by atoms with Crippen molar-refractivity contribution in [2.75, 3.05) is 5.32 Å². The summed E-state index contributed by atoms with van der Waals surface area (Å²) in [6.07, 6.45) is 5.63. The quantitative estimate of drug-likeness (QED) is 0.667. The second kappa shape index (κ2) is 6.38. The first-order valence-corrected chi connectivity index (χ1v) is 7.09. The van der Waals surface area contributed by atoms with Crippen molar-refractivity contribution in [1.29, 1.82) is 5.26 Å². The lowest BCUT2D eigenvalue weighted by Crippen LogP contribution is -2.27. The second-order valence-corrected chi connectivity index (χ2v) is 5.35. The van der Waals surface area contributed by atoms with E-state index in [1.54, 1.807) is 12.1 Å². The van der Waals surface area contributed by atoms with Crippen molar-refractivity contribution < 1.29 is 4.92 Å². The molecule has 106 valence electrons. The molecule has 2 rings (SSSR count). The van der Waals surface area contributed by atoms with Crippen LogP contribution in [-0.2, 0) is 0 Å². The van der Waals surface area contributed by atoms with Crippen LogP contribution in [0.2, 0.25) is 0 Å². The Labute approximate surface area is 118 Å². The minimum atomic E-state index is -0.471. The molecule has 1 aliphatic rings. The predicted octanol–water partition coefficient (Wildman–Crippen LogP) is 3.85. The number of hydrogen-bond acceptors (Lipinski definition) is 4. The summed E-state index contributed by atoms with van der Waals surface area (Å²) in [5.74, 6) is 0.694. The Morgan fingerprint density at radius 1 is 1.50 bits per heavy atom. The molecule has 0 saturated heterocycles. The molecule has 5 heteroatoms. The standard InChI is InChI=1S/C15H19N3O2/c1-2-11-5-3-7-13(9-11)17-14-8-4-6-12(10-16)15(14)18(19)20/h4,6,8,11,13,17H,2-3,5,7,9H2,1H3. The predicted molar refractivity (Wildman–Crippen MR) is 77.5 cm³/mol. The van der Waals surface area contributed by atoms with Gasteiger partial charge in [0.1, 0.15) is 17.3 Å². The van der Waals surface area contributed by atoms with Gasteiger partial charge in [-0.3, -0.25) is 10.1 Å². The summed E-state index contributed by atoms with van der Waals surface area (Å²) in [6.45, 7) is 2.19. The summed E-state index contributed by atoms with van der Waals surface area (Å²) < 4.78 is 0. The lowest BCUT2D eigenvalue weighted by molar-refractivity contribution is -0.384. The minimum Gasteiger partial charge on any atom is -0.377 e. The first kappa shape index (κ1) is 14.3. The fraction of sp³-hybridized carbons (Fsp3) is 0.533. The van der Waals surface area contributed by atoms with Gasteiger partial charge in [-0.25, -0.2) is 0 Å². The van der Waals surface area contributed by atoms with E-state index in [-0.39, 0.29) is 17.3 Å². The van der Waals surface area contributed by atoms with Gasteiger partial charge >= 0.3 is 5.69 Å². The number of hydrogen-bond donors (Lipinski definition) is 1. The zero-order valence-corrected chi connectivity index (χ0v) is 11.6. The molecule has 5 nitrogen and oxygen atoms in total. The molecule has 1 aromatic carbocycles. The molecule has 0 bridgehead atoms. The van der Waals surface area contributed by atoms with Crippen molar-refractivity contribution in [1.82, 2.24) is 0 Å². The number of nitro benzene ring substituents is 1. The molecule has 1 saturated carbocycles. The highest BCUT2D eigenvalue weighted by Crippen LogP contribution is 2.33. The smallest absolute Gasteiger partial charge is 0.309 e. The van der Waals surface area contributed by atoms with Crippen LogP contribution in [0, 0.1) is 27.4 Å². The Hall–Kier alpha value is -2.09. The van der Waals surface area contributed by atoms with E-state index in [1.807, 2.05) is 6.07 Å². The number of nitro groups is 1. The summed E-state index contributed by atoms with van der Waals surface area (Å²) in [7, 11) is 0. The van der Waals surface area contributed by atoms with E-state index in [9.17, 15) is 10.1 Å². The van der Waals surface area contributed by atoms with E-state index in [4.69, 9.17) is 5.26 Å². The van der Waals surface area contributed by atoms with E-state index < -0.39 is 4.92 Å². The third-order valence-electron chi connectivity index (χ3n) is 4.06. The Morgan fingerprint density at radius 2 is 2.30 bits per heavy atom. The van der Waals surface area contributed by atoms with Crippen LogP contribution in [0.15, 0.2) is 18.2 Å². The topological polar surface area (TPSA) is 79.0 Å². The maximum absolute atomic E-state index is 11.2. The van der Waals surface area contributed by atoms with Gasteiger partial charge in [0.15, 0.2) is 0 Å². The molecule has 0 amide bonds. The number of nitrogens with one attached hydrogen (secondary N) is 1. The molecule has 1 aliphatic carbocycles. The highest BCUT2D eigenvalue weighted by Gasteiger charge is 2.25. The highest BCUT2D eigenvalue weighted by atomic mass is 16.6. The van der Waals surface area contributed by atoms with Gasteiger partial charge < -0.3 is 5.32 Å². The van der Waals surface area contributed by atoms with Crippen molar-refractivity contribution in [2.45, 2.75) is 45.1 Å². The average molecular weight is 273 g/mol. The van der Waals surface area contributed by atoms with Crippen molar-refractivity contribution in [2.24, 2.45) is 5.92 Å². The van der Waals surface area contributed by atoms with E-state index in [0.717, 1.165) is 25.7 Å². The van der Waals surface area contributed by atoms with Gasteiger partial charge in [0.25, 0.3) is 0 Å². The molecule has 0 radical (unpaired) electrons. The summed E-state index contributed by atoms with van der Waals surface area (Å²) in [4.78, 5) is 10.7. The summed E-state index contributed by atoms with van der Waals surface area (Å²) in [5, 5.41) is 23.5. The van der Waals surface area contributed by atoms with Crippen LogP contribution in [0.3, 0.4) is 0 Å². The molecule has 1 aromatic rings. The Balaban J connectivity index is 2.21. The minimum absolute atomic E-state index is 0.103. The first-order chi connectivity index (χ1) is 9.65. The van der Waals surface area contributed by atoms with E-state index in [1.165, 1.54) is 12.5 Å². The van der Waals surface area contributed by atoms with Crippen molar-refractivity contribution in [3.05, 3.63) is 33.9 Å². The van der Waals surface area contributed by atoms with Crippen molar-refractivity contribution >= 4 is 11.4 Å². The molecule has 0 aromatic heterocycles. The molecule has 1 N–H and O–H groups in total. The third-order valence-corrected chi connectivity index (χ3v) is 4.06. The van der Waals surface area contributed by atoms with Gasteiger partial charge in [0.05, 0.1) is 4.92 Å². The largest absolute Gasteiger partial charge is 0.377 e. The van der Waals surface area contributed by atoms with Gasteiger partial charge in [0, 0.05) is 6.04 Å². The lowest BCUT2D eigenvalue weighted by Gasteiger charge is -2.29. The normalized spacial score (nSPS) is 22.0. The molecule has 20 heavy (non-hydrogen) atoms. The van der Waals surface area contributed by atoms with Crippen LogP contribution in [0.1, 0.15) is 44.6 Å². The van der Waals surface area contributed by atoms with E-state index in [0.29, 0.717) is 11.6 Å². The molecule has 2 atom stereocenters. The molecule has 0 aliphatic heterocycles. The van der Waals surface area contributed by atoms with E-state index in [2.05, 4.69) is 12.2 Å². The molecule has 1 fully saturated rings. The molecule has 0 spiro atoms. The zero-order chi connectivity index (χ0) is 14.5. The number of nitrogens with zero attached hydrogens (tertiary/aromatic N) is 2. The van der Waals surface area contributed by atoms with Gasteiger partial charge in [0.2, 0.25) is 0 Å². The summed E-state index contributed by atoms with van der Waals surface area (Å²) >= 11 is 0. The monoisotopic (exact) mass is 273 g/mol. The van der Waals surface area contributed by atoms with Crippen LogP contribution in [-0.4, -0.2) is 11.0 Å². The maximum atomic E-state index is 11.2. The average Bonchev–Trinajstić information content (AvgIpc) is 2.46. The SMILES string of the molecule is CCC1CCCC(Nc2cccc(C#N)c2[N+](=O)[O-])C1. The van der Waals surface area contributed by atoms with Crippen LogP contribution >= 0.6 is 0 Å². The van der Waals surface area contributed by atoms with Crippen LogP contribution in [0.25, 0.3) is 0 Å². The van der Waals surface area contributed by atoms with Crippen molar-refractivity contribution in [3.8, 4) is 6.07 Å². The zero-order valence-electron chi connectivity index (χ0n) is 11.6. The number of anilines is 1. The van der Waals surface area contributed by atoms with Gasteiger partial charge in [-0.1, -0.05) is 32.3 Å². The van der Waals surface area contributed by atoms with Gasteiger partial charge in [-0.05, 0) is 30.9 Å². The fourth-order valence-electron chi connectivity index (χ4n) is 2.96. The Kier molecular flexibility index (Phi) is 4.57. The van der Waals surface area contributed by atoms with Gasteiger partial charge in [-0.15, -0.1) is 0 Å². The van der Waals surface area contributed by atoms with Crippen LogP contribution < -0.4 is 5.32 Å². The number of rotatable bonds is 4. The maximum Gasteiger partial charge on any atom is 0.309 e. The van der Waals surface area contributed by atoms with Crippen molar-refractivity contribution in [3.63, 3.8) is 0 Å². The van der Waals surface area contributed by atoms with Gasteiger partial charge in [-0.2, -0.15) is 5.26 Å². The summed E-state index contributed by atoms with van der Waals surface area (Å²) in [6, 6.07) is 7.02. The fourth-order valence-corrected chi connectivity index (χ4v) is 2.96. The van der Waals surface area contributed by atoms with Crippen LogP contribution in [0.5, 0.6) is 0 Å². The lowest BCUT2D eigenvalue weighted by atomic mass is 9.84. The molecule has 0 heterocycles. The third kappa shape index (κ3) is 3.08. The second-order valence-electron chi connectivity index (χ2n) is 5.35. The highest BCUT2D eigenvalue weighted by molar-refractivity contribution is 5.68. The Morgan fingerprint density at radius 3 is 2.95 bits per heavy atom. The molecular formula is C15H19N3O2. The first-order valence-electron chi connectivity index (χ1n) is 7.09. The van der Waals surface area contributed by atoms with E-state index >= 15 is 0 Å². The number of nitriles is 1.